The van der Waals surface area contributed by atoms with Crippen molar-refractivity contribution in [2.75, 3.05) is 11.8 Å². The number of nitrogens with zero attached hydrogens (tertiary/aromatic N) is 1. The fraction of sp³-hybridized carbons (Fsp3) is 0.143. The van der Waals surface area contributed by atoms with E-state index in [1.54, 1.807) is 18.2 Å². The Kier molecular flexibility index (Phi) is 4.90. The molecule has 122 valence electrons. The maximum atomic E-state index is 12.5. The van der Waals surface area contributed by atoms with Crippen molar-refractivity contribution in [3.05, 3.63) is 56.5 Å². The number of anilines is 1. The van der Waals surface area contributed by atoms with Crippen LogP contribution in [0.15, 0.2) is 45.8 Å². The van der Waals surface area contributed by atoms with Gasteiger partial charge in [-0.3, -0.25) is 14.8 Å². The molecule has 0 saturated carbocycles. The Morgan fingerprint density at radius 1 is 1.22 bits per heavy atom. The fourth-order valence-corrected chi connectivity index (χ4v) is 3.44. The van der Waals surface area contributed by atoms with Crippen LogP contribution in [0.4, 0.5) is 11.4 Å². The lowest BCUT2D eigenvalue weighted by molar-refractivity contribution is -0.385. The molecule has 2 aromatic carbocycles. The van der Waals surface area contributed by atoms with Crippen molar-refractivity contribution in [3.63, 3.8) is 0 Å². The lowest BCUT2D eigenvalue weighted by Gasteiger charge is -2.12. The highest BCUT2D eigenvalue weighted by atomic mass is 79.9. The van der Waals surface area contributed by atoms with Crippen LogP contribution in [0.2, 0.25) is 0 Å². The summed E-state index contributed by atoms with van der Waals surface area (Å²) in [6.07, 6.45) is 0. The van der Waals surface area contributed by atoms with Crippen LogP contribution < -0.4 is 9.46 Å². The van der Waals surface area contributed by atoms with Gasteiger partial charge in [0.1, 0.15) is 10.6 Å². The van der Waals surface area contributed by atoms with E-state index in [2.05, 4.69) is 20.7 Å². The second-order valence-corrected chi connectivity index (χ2v) is 7.17. The van der Waals surface area contributed by atoms with Gasteiger partial charge in [0.05, 0.1) is 18.1 Å². The van der Waals surface area contributed by atoms with Crippen molar-refractivity contribution in [3.8, 4) is 5.75 Å². The van der Waals surface area contributed by atoms with E-state index in [9.17, 15) is 18.5 Å². The molecule has 0 fully saturated rings. The summed E-state index contributed by atoms with van der Waals surface area (Å²) in [5, 5.41) is 10.8. The van der Waals surface area contributed by atoms with Gasteiger partial charge < -0.3 is 4.74 Å². The zero-order valence-corrected chi connectivity index (χ0v) is 14.6. The number of sulfonamides is 1. The minimum absolute atomic E-state index is 0.0992. The van der Waals surface area contributed by atoms with Crippen LogP contribution in [-0.2, 0) is 10.0 Å². The van der Waals surface area contributed by atoms with Crippen LogP contribution in [-0.4, -0.2) is 20.5 Å². The molecule has 0 radical (unpaired) electrons. The first kappa shape index (κ1) is 17.2. The van der Waals surface area contributed by atoms with Gasteiger partial charge in [-0.05, 0) is 30.7 Å². The van der Waals surface area contributed by atoms with E-state index in [1.165, 1.54) is 7.11 Å². The van der Waals surface area contributed by atoms with E-state index in [0.29, 0.717) is 5.69 Å². The summed E-state index contributed by atoms with van der Waals surface area (Å²) in [6, 6.07) is 8.33. The zero-order chi connectivity index (χ0) is 17.2. The van der Waals surface area contributed by atoms with E-state index in [1.807, 2.05) is 6.92 Å². The standard InChI is InChI=1S/C14H13BrN2O5S/c1-9-3-4-10(7-12(9)15)16-23(20,21)14-6-5-11(17(18)19)8-13(14)22-2/h3-8,16H,1-2H3. The summed E-state index contributed by atoms with van der Waals surface area (Å²) >= 11 is 3.33. The molecule has 0 atom stereocenters. The van der Waals surface area contributed by atoms with Crippen molar-refractivity contribution < 1.29 is 18.1 Å². The number of hydrogen-bond donors (Lipinski definition) is 1. The largest absolute Gasteiger partial charge is 0.495 e. The number of methoxy groups -OCH3 is 1. The Hall–Kier alpha value is -2.13. The quantitative estimate of drug-likeness (QED) is 0.611. The minimum atomic E-state index is -3.95. The molecule has 0 aliphatic rings. The lowest BCUT2D eigenvalue weighted by atomic mass is 10.2. The molecule has 2 aromatic rings. The number of aryl methyl sites for hydroxylation is 1. The van der Waals surface area contributed by atoms with Crippen molar-refractivity contribution in [2.45, 2.75) is 11.8 Å². The molecule has 0 heterocycles. The van der Waals surface area contributed by atoms with Crippen molar-refractivity contribution >= 4 is 37.3 Å². The van der Waals surface area contributed by atoms with Gasteiger partial charge >= 0.3 is 0 Å². The molecular formula is C14H13BrN2O5S. The third-order valence-electron chi connectivity index (χ3n) is 3.07. The first-order valence-electron chi connectivity index (χ1n) is 6.36. The maximum Gasteiger partial charge on any atom is 0.273 e. The van der Waals surface area contributed by atoms with Crippen LogP contribution >= 0.6 is 15.9 Å². The number of hydrogen-bond acceptors (Lipinski definition) is 5. The number of ether oxygens (including phenoxy) is 1. The van der Waals surface area contributed by atoms with Crippen LogP contribution in [0.1, 0.15) is 5.56 Å². The molecule has 0 unspecified atom stereocenters. The van der Waals surface area contributed by atoms with Crippen molar-refractivity contribution in [1.29, 1.82) is 0 Å². The molecule has 2 rings (SSSR count). The monoisotopic (exact) mass is 400 g/mol. The average molecular weight is 401 g/mol. The summed E-state index contributed by atoms with van der Waals surface area (Å²) in [7, 11) is -2.70. The highest BCUT2D eigenvalue weighted by Gasteiger charge is 2.22. The summed E-state index contributed by atoms with van der Waals surface area (Å²) < 4.78 is 33.1. The summed E-state index contributed by atoms with van der Waals surface area (Å²) in [4.78, 5) is 9.97. The number of non-ortho nitro benzene ring substituents is 1. The molecule has 23 heavy (non-hydrogen) atoms. The van der Waals surface area contributed by atoms with Gasteiger partial charge in [-0.1, -0.05) is 22.0 Å². The third kappa shape index (κ3) is 3.80. The topological polar surface area (TPSA) is 98.5 Å². The number of benzene rings is 2. The van der Waals surface area contributed by atoms with E-state index in [-0.39, 0.29) is 16.3 Å². The van der Waals surface area contributed by atoms with E-state index in [4.69, 9.17) is 4.74 Å². The van der Waals surface area contributed by atoms with Gasteiger partial charge in [-0.15, -0.1) is 0 Å². The number of nitro benzene ring substituents is 1. The predicted molar refractivity (Wildman–Crippen MR) is 89.3 cm³/mol. The van der Waals surface area contributed by atoms with Crippen LogP contribution in [0, 0.1) is 17.0 Å². The van der Waals surface area contributed by atoms with Gasteiger partial charge in [0.15, 0.2) is 0 Å². The second-order valence-electron chi connectivity index (χ2n) is 4.66. The van der Waals surface area contributed by atoms with Crippen LogP contribution in [0.25, 0.3) is 0 Å². The van der Waals surface area contributed by atoms with E-state index < -0.39 is 14.9 Å². The Bertz CT molecular complexity index is 867. The van der Waals surface area contributed by atoms with E-state index in [0.717, 1.165) is 28.2 Å². The Balaban J connectivity index is 2.42. The maximum absolute atomic E-state index is 12.5. The Labute approximate surface area is 141 Å². The normalized spacial score (nSPS) is 11.1. The number of halogens is 1. The van der Waals surface area contributed by atoms with Gasteiger partial charge in [0, 0.05) is 16.2 Å². The SMILES string of the molecule is COc1cc([N+](=O)[O-])ccc1S(=O)(=O)Nc1ccc(C)c(Br)c1. The smallest absolute Gasteiger partial charge is 0.273 e. The van der Waals surface area contributed by atoms with Gasteiger partial charge in [0.2, 0.25) is 0 Å². The van der Waals surface area contributed by atoms with E-state index >= 15 is 0 Å². The van der Waals surface area contributed by atoms with Crippen molar-refractivity contribution in [1.82, 2.24) is 0 Å². The number of rotatable bonds is 5. The lowest BCUT2D eigenvalue weighted by Crippen LogP contribution is -2.14. The molecule has 0 aliphatic carbocycles. The Morgan fingerprint density at radius 3 is 2.48 bits per heavy atom. The first-order chi connectivity index (χ1) is 10.7. The van der Waals surface area contributed by atoms with Gasteiger partial charge in [-0.25, -0.2) is 8.42 Å². The molecule has 0 aliphatic heterocycles. The average Bonchev–Trinajstić information content (AvgIpc) is 2.50. The summed E-state index contributed by atoms with van der Waals surface area (Å²) in [5.74, 6) is -0.0992. The number of nitrogens with one attached hydrogen (secondary N) is 1. The fourth-order valence-electron chi connectivity index (χ4n) is 1.86. The molecule has 0 spiro atoms. The molecular weight excluding hydrogens is 388 g/mol. The van der Waals surface area contributed by atoms with Gasteiger partial charge in [-0.2, -0.15) is 0 Å². The molecule has 0 saturated heterocycles. The predicted octanol–water partition coefficient (Wildman–Crippen LogP) is 3.48. The first-order valence-corrected chi connectivity index (χ1v) is 8.63. The molecule has 7 nitrogen and oxygen atoms in total. The molecule has 1 N–H and O–H groups in total. The highest BCUT2D eigenvalue weighted by molar-refractivity contribution is 9.10. The molecule has 0 amide bonds. The Morgan fingerprint density at radius 2 is 1.91 bits per heavy atom. The van der Waals surface area contributed by atoms with Crippen LogP contribution in [0.3, 0.4) is 0 Å². The zero-order valence-electron chi connectivity index (χ0n) is 12.2. The highest BCUT2D eigenvalue weighted by Crippen LogP contribution is 2.30. The number of nitro groups is 1. The third-order valence-corrected chi connectivity index (χ3v) is 5.35. The molecule has 0 aromatic heterocycles. The van der Waals surface area contributed by atoms with Gasteiger partial charge in [0.25, 0.3) is 15.7 Å². The van der Waals surface area contributed by atoms with Crippen molar-refractivity contribution in [2.24, 2.45) is 0 Å². The molecule has 9 heteroatoms. The van der Waals surface area contributed by atoms with Crippen LogP contribution in [0.5, 0.6) is 5.75 Å². The molecule has 0 bridgehead atoms. The minimum Gasteiger partial charge on any atom is -0.495 e. The second kappa shape index (κ2) is 6.55. The summed E-state index contributed by atoms with van der Waals surface area (Å²) in [6.45, 7) is 1.88. The summed E-state index contributed by atoms with van der Waals surface area (Å²) in [5.41, 5.74) is 1.07.